The highest BCUT2D eigenvalue weighted by molar-refractivity contribution is 5.89. The highest BCUT2D eigenvalue weighted by atomic mass is 19.1. The van der Waals surface area contributed by atoms with Crippen molar-refractivity contribution in [1.82, 2.24) is 10.2 Å². The summed E-state index contributed by atoms with van der Waals surface area (Å²) in [5.74, 6) is 1.32. The average molecular weight is 472 g/mol. The number of aliphatic hydroxyl groups is 1. The lowest BCUT2D eigenvalue weighted by molar-refractivity contribution is -0.0177. The van der Waals surface area contributed by atoms with Crippen LogP contribution in [0.1, 0.15) is 38.7 Å². The maximum atomic E-state index is 13.2. The van der Waals surface area contributed by atoms with Gasteiger partial charge in [0.1, 0.15) is 11.6 Å². The van der Waals surface area contributed by atoms with Crippen LogP contribution in [0.5, 0.6) is 5.75 Å². The van der Waals surface area contributed by atoms with Crippen LogP contribution >= 0.6 is 0 Å². The van der Waals surface area contributed by atoms with E-state index in [4.69, 9.17) is 4.74 Å². The van der Waals surface area contributed by atoms with Crippen LogP contribution in [0, 0.1) is 17.7 Å². The van der Waals surface area contributed by atoms with Crippen LogP contribution in [0.4, 0.5) is 14.9 Å². The average Bonchev–Trinajstić information content (AvgIpc) is 2.80. The third kappa shape index (κ3) is 8.29. The first-order valence-electron chi connectivity index (χ1n) is 12.1. The molecule has 0 unspecified atom stereocenters. The molecular weight excluding hydrogens is 433 g/mol. The number of benzene rings is 2. The van der Waals surface area contributed by atoms with Gasteiger partial charge in [-0.2, -0.15) is 0 Å². The number of likely N-dealkylation sites (tertiary alicyclic amines) is 1. The zero-order valence-corrected chi connectivity index (χ0v) is 20.5. The van der Waals surface area contributed by atoms with Gasteiger partial charge in [-0.05, 0) is 80.4 Å². The van der Waals surface area contributed by atoms with E-state index in [9.17, 15) is 14.3 Å². The number of carbonyl (C=O) groups is 1. The molecule has 7 heteroatoms. The summed E-state index contributed by atoms with van der Waals surface area (Å²) in [5.41, 5.74) is 0.791. The molecule has 1 fully saturated rings. The first-order valence-corrected chi connectivity index (χ1v) is 12.1. The second kappa shape index (κ2) is 12.2. The zero-order valence-electron chi connectivity index (χ0n) is 20.5. The minimum atomic E-state index is -1.01. The van der Waals surface area contributed by atoms with Gasteiger partial charge >= 0.3 is 6.03 Å². The molecule has 3 N–H and O–H groups in total. The van der Waals surface area contributed by atoms with Crippen LogP contribution in [0.15, 0.2) is 48.5 Å². The topological polar surface area (TPSA) is 73.8 Å². The molecule has 186 valence electrons. The number of ether oxygens (including phenoxy) is 1. The molecule has 0 spiro atoms. The van der Waals surface area contributed by atoms with Gasteiger partial charge in [0.25, 0.3) is 0 Å². The second-order valence-corrected chi connectivity index (χ2v) is 9.91. The van der Waals surface area contributed by atoms with E-state index in [1.807, 2.05) is 24.3 Å². The highest BCUT2D eigenvalue weighted by Crippen LogP contribution is 2.25. The molecular formula is C27H38FN3O3. The largest absolute Gasteiger partial charge is 0.497 e. The maximum absolute atomic E-state index is 13.2. The number of hydrogen-bond donors (Lipinski definition) is 3. The van der Waals surface area contributed by atoms with E-state index in [-0.39, 0.29) is 18.4 Å². The number of carbonyl (C=O) groups excluding carboxylic acids is 1. The number of anilines is 1. The molecule has 1 aliphatic rings. The van der Waals surface area contributed by atoms with Crippen molar-refractivity contribution in [3.05, 3.63) is 59.9 Å². The Bertz CT molecular complexity index is 914. The van der Waals surface area contributed by atoms with Gasteiger partial charge in [0.2, 0.25) is 0 Å². The lowest BCUT2D eigenvalue weighted by atomic mass is 9.87. The molecule has 6 nitrogen and oxygen atoms in total. The molecule has 0 radical (unpaired) electrons. The summed E-state index contributed by atoms with van der Waals surface area (Å²) in [6.45, 7) is 6.67. The van der Waals surface area contributed by atoms with Crippen LogP contribution < -0.4 is 15.4 Å². The lowest BCUT2D eigenvalue weighted by Crippen LogP contribution is -2.53. The van der Waals surface area contributed by atoms with Gasteiger partial charge in [-0.1, -0.05) is 32.0 Å². The minimum Gasteiger partial charge on any atom is -0.497 e. The number of nitrogens with zero attached hydrogens (tertiary/aromatic N) is 1. The van der Waals surface area contributed by atoms with Gasteiger partial charge < -0.3 is 25.4 Å². The fourth-order valence-corrected chi connectivity index (χ4v) is 4.79. The lowest BCUT2D eigenvalue weighted by Gasteiger charge is -2.39. The number of hydrogen-bond acceptors (Lipinski definition) is 4. The van der Waals surface area contributed by atoms with E-state index < -0.39 is 5.60 Å². The third-order valence-electron chi connectivity index (χ3n) is 6.36. The molecule has 1 saturated heterocycles. The number of β-amino-alcohol motifs (C(OH)–C–C–N with tert-alkyl or cyclic N) is 1. The summed E-state index contributed by atoms with van der Waals surface area (Å²) in [6, 6.07) is 13.6. The molecule has 1 aliphatic heterocycles. The van der Waals surface area contributed by atoms with E-state index in [1.54, 1.807) is 19.2 Å². The minimum absolute atomic E-state index is 0.177. The van der Waals surface area contributed by atoms with Crippen molar-refractivity contribution in [1.29, 1.82) is 0 Å². The molecule has 0 aliphatic carbocycles. The molecule has 2 aromatic rings. The number of amides is 2. The molecule has 1 heterocycles. The van der Waals surface area contributed by atoms with Crippen LogP contribution in [0.2, 0.25) is 0 Å². The summed E-state index contributed by atoms with van der Waals surface area (Å²) in [4.78, 5) is 14.8. The van der Waals surface area contributed by atoms with E-state index in [2.05, 4.69) is 29.4 Å². The normalized spacial score (nSPS) is 16.8. The Morgan fingerprint density at radius 3 is 2.56 bits per heavy atom. The van der Waals surface area contributed by atoms with E-state index >= 15 is 0 Å². The SMILES string of the molecule is COc1cccc(NC(=O)NC[C@@](O)(CC(C)C)CN2CCC(Cc3ccc(F)cc3)CC2)c1. The summed E-state index contributed by atoms with van der Waals surface area (Å²) < 4.78 is 18.3. The number of methoxy groups -OCH3 is 1. The summed E-state index contributed by atoms with van der Waals surface area (Å²) in [5, 5.41) is 17.1. The van der Waals surface area contributed by atoms with Gasteiger partial charge in [-0.25, -0.2) is 9.18 Å². The number of nitrogens with one attached hydrogen (secondary N) is 2. The van der Waals surface area contributed by atoms with Crippen LogP contribution in [-0.4, -0.2) is 54.9 Å². The van der Waals surface area contributed by atoms with E-state index in [1.165, 1.54) is 17.7 Å². The number of halogens is 1. The van der Waals surface area contributed by atoms with Gasteiger partial charge in [-0.3, -0.25) is 0 Å². The Kier molecular flexibility index (Phi) is 9.30. The highest BCUT2D eigenvalue weighted by Gasteiger charge is 2.32. The molecule has 0 saturated carbocycles. The fraction of sp³-hybridized carbons (Fsp3) is 0.519. The first kappa shape index (κ1) is 26.0. The standard InChI is InChI=1S/C27H38FN3O3/c1-20(2)17-27(33,18-29-26(32)30-24-5-4-6-25(16-24)34-3)19-31-13-11-22(12-14-31)15-21-7-9-23(28)10-8-21/h4-10,16,20,22,33H,11-15,17-19H2,1-3H3,(H2,29,30,32)/t27-/m0/s1. The Morgan fingerprint density at radius 2 is 1.91 bits per heavy atom. The summed E-state index contributed by atoms with van der Waals surface area (Å²) in [6.07, 6.45) is 3.64. The Balaban J connectivity index is 1.50. The molecule has 0 aromatic heterocycles. The van der Waals surface area contributed by atoms with Crippen LogP contribution in [0.3, 0.4) is 0 Å². The van der Waals surface area contributed by atoms with Crippen molar-refractivity contribution < 1.29 is 19.0 Å². The van der Waals surface area contributed by atoms with Crippen LogP contribution in [0.25, 0.3) is 0 Å². The van der Waals surface area contributed by atoms with Crippen molar-refractivity contribution in [2.45, 2.75) is 45.1 Å². The second-order valence-electron chi connectivity index (χ2n) is 9.91. The quantitative estimate of drug-likeness (QED) is 0.470. The van der Waals surface area contributed by atoms with Crippen LogP contribution in [-0.2, 0) is 6.42 Å². The predicted molar refractivity (Wildman–Crippen MR) is 134 cm³/mol. The number of rotatable bonds is 10. The molecule has 0 bridgehead atoms. The third-order valence-corrected chi connectivity index (χ3v) is 6.36. The smallest absolute Gasteiger partial charge is 0.319 e. The zero-order chi connectivity index (χ0) is 24.6. The van der Waals surface area contributed by atoms with Gasteiger partial charge in [0.15, 0.2) is 0 Å². The van der Waals surface area contributed by atoms with Gasteiger partial charge in [0.05, 0.1) is 12.7 Å². The molecule has 1 atom stereocenters. The van der Waals surface area contributed by atoms with Crippen molar-refractivity contribution in [3.8, 4) is 5.75 Å². The van der Waals surface area contributed by atoms with Gasteiger partial charge in [0, 0.05) is 24.8 Å². The maximum Gasteiger partial charge on any atom is 0.319 e. The first-order chi connectivity index (χ1) is 16.2. The molecule has 2 aromatic carbocycles. The predicted octanol–water partition coefficient (Wildman–Crippen LogP) is 4.69. The van der Waals surface area contributed by atoms with Crippen molar-refractivity contribution in [2.24, 2.45) is 11.8 Å². The monoisotopic (exact) mass is 471 g/mol. The summed E-state index contributed by atoms with van der Waals surface area (Å²) in [7, 11) is 1.58. The number of piperidine rings is 1. The van der Waals surface area contributed by atoms with Crippen molar-refractivity contribution in [3.63, 3.8) is 0 Å². The number of urea groups is 1. The molecule has 34 heavy (non-hydrogen) atoms. The fourth-order valence-electron chi connectivity index (χ4n) is 4.79. The van der Waals surface area contributed by atoms with Gasteiger partial charge in [-0.15, -0.1) is 0 Å². The molecule has 3 rings (SSSR count). The Morgan fingerprint density at radius 1 is 1.21 bits per heavy atom. The van der Waals surface area contributed by atoms with Crippen molar-refractivity contribution in [2.75, 3.05) is 38.6 Å². The molecule has 2 amide bonds. The Labute approximate surface area is 202 Å². The Hall–Kier alpha value is -2.64. The summed E-state index contributed by atoms with van der Waals surface area (Å²) >= 11 is 0. The van der Waals surface area contributed by atoms with E-state index in [0.29, 0.717) is 36.2 Å². The van der Waals surface area contributed by atoms with Crippen molar-refractivity contribution >= 4 is 11.7 Å². The van der Waals surface area contributed by atoms with E-state index in [0.717, 1.165) is 32.4 Å².